The van der Waals surface area contributed by atoms with Gasteiger partial charge in [0.25, 0.3) is 0 Å². The minimum Gasteiger partial charge on any atom is -0.342 e. The van der Waals surface area contributed by atoms with E-state index in [2.05, 4.69) is 6.92 Å². The Morgan fingerprint density at radius 1 is 1.46 bits per heavy atom. The Hall–Kier alpha value is -0.570. The molecule has 2 N–H and O–H groups in total. The zero-order valence-electron chi connectivity index (χ0n) is 8.46. The largest absolute Gasteiger partial charge is 0.342 e. The van der Waals surface area contributed by atoms with E-state index in [0.29, 0.717) is 0 Å². The molecule has 0 aromatic rings. The molecule has 13 heavy (non-hydrogen) atoms. The fourth-order valence-corrected chi connectivity index (χ4v) is 1.95. The van der Waals surface area contributed by atoms with Crippen LogP contribution in [0.5, 0.6) is 0 Å². The van der Waals surface area contributed by atoms with Gasteiger partial charge in [0.2, 0.25) is 5.91 Å². The number of rotatable bonds is 2. The topological polar surface area (TPSA) is 46.3 Å². The van der Waals surface area contributed by atoms with Gasteiger partial charge in [-0.2, -0.15) is 0 Å². The standard InChI is InChI=1S/C10H20N2O/c1-2-9-4-3-6-12(7-5-9)10(13)8-11/h9H,2-8,11H2,1H3. The van der Waals surface area contributed by atoms with Crippen LogP contribution in [0.25, 0.3) is 0 Å². The summed E-state index contributed by atoms with van der Waals surface area (Å²) in [4.78, 5) is 13.2. The van der Waals surface area contributed by atoms with Crippen molar-refractivity contribution in [3.05, 3.63) is 0 Å². The predicted octanol–water partition coefficient (Wildman–Crippen LogP) is 0.984. The van der Waals surface area contributed by atoms with Crippen LogP contribution in [-0.4, -0.2) is 30.4 Å². The minimum atomic E-state index is 0.108. The van der Waals surface area contributed by atoms with Crippen LogP contribution >= 0.6 is 0 Å². The Bertz CT molecular complexity index is 170. The van der Waals surface area contributed by atoms with Gasteiger partial charge in [0, 0.05) is 13.1 Å². The first-order valence-corrected chi connectivity index (χ1v) is 5.25. The molecule has 76 valence electrons. The fourth-order valence-electron chi connectivity index (χ4n) is 1.95. The normalized spacial score (nSPS) is 24.2. The quantitative estimate of drug-likeness (QED) is 0.695. The van der Waals surface area contributed by atoms with Gasteiger partial charge < -0.3 is 10.6 Å². The summed E-state index contributed by atoms with van der Waals surface area (Å²) >= 11 is 0. The summed E-state index contributed by atoms with van der Waals surface area (Å²) in [5, 5.41) is 0. The molecule has 0 aromatic carbocycles. The third-order valence-corrected chi connectivity index (χ3v) is 2.95. The molecule has 0 saturated carbocycles. The number of amides is 1. The highest BCUT2D eigenvalue weighted by atomic mass is 16.2. The van der Waals surface area contributed by atoms with E-state index in [1.54, 1.807) is 0 Å². The van der Waals surface area contributed by atoms with Gasteiger partial charge in [-0.25, -0.2) is 0 Å². The Kier molecular flexibility index (Phi) is 4.22. The summed E-state index contributed by atoms with van der Waals surface area (Å²) in [7, 11) is 0. The van der Waals surface area contributed by atoms with Gasteiger partial charge in [-0.05, 0) is 25.2 Å². The van der Waals surface area contributed by atoms with Crippen molar-refractivity contribution in [1.82, 2.24) is 4.90 Å². The summed E-state index contributed by atoms with van der Waals surface area (Å²) in [5.74, 6) is 0.923. The van der Waals surface area contributed by atoms with E-state index in [9.17, 15) is 4.79 Å². The number of carbonyl (C=O) groups excluding carboxylic acids is 1. The smallest absolute Gasteiger partial charge is 0.236 e. The number of hydrogen-bond donors (Lipinski definition) is 1. The molecule has 0 bridgehead atoms. The monoisotopic (exact) mass is 184 g/mol. The SMILES string of the molecule is CCC1CCCN(C(=O)CN)CC1. The van der Waals surface area contributed by atoms with E-state index in [1.807, 2.05) is 4.90 Å². The highest BCUT2D eigenvalue weighted by Gasteiger charge is 2.18. The molecule has 1 amide bonds. The van der Waals surface area contributed by atoms with Crippen molar-refractivity contribution in [2.75, 3.05) is 19.6 Å². The summed E-state index contributed by atoms with van der Waals surface area (Å²) in [6.07, 6.45) is 4.81. The molecule has 1 rings (SSSR count). The average molecular weight is 184 g/mol. The Labute approximate surface area is 80.3 Å². The van der Waals surface area contributed by atoms with Crippen molar-refractivity contribution < 1.29 is 4.79 Å². The Balaban J connectivity index is 2.40. The minimum absolute atomic E-state index is 0.108. The molecule has 1 unspecified atom stereocenters. The zero-order chi connectivity index (χ0) is 9.68. The van der Waals surface area contributed by atoms with Crippen LogP contribution in [0, 0.1) is 5.92 Å². The summed E-state index contributed by atoms with van der Waals surface area (Å²) in [5.41, 5.74) is 5.33. The molecule has 3 heteroatoms. The lowest BCUT2D eigenvalue weighted by Gasteiger charge is -2.19. The maximum absolute atomic E-state index is 11.3. The lowest BCUT2D eigenvalue weighted by molar-refractivity contribution is -0.129. The maximum atomic E-state index is 11.3. The van der Waals surface area contributed by atoms with Gasteiger partial charge >= 0.3 is 0 Å². The van der Waals surface area contributed by atoms with Gasteiger partial charge in [-0.15, -0.1) is 0 Å². The fraction of sp³-hybridized carbons (Fsp3) is 0.900. The number of nitrogens with zero attached hydrogens (tertiary/aromatic N) is 1. The molecule has 0 spiro atoms. The first kappa shape index (κ1) is 10.5. The number of carbonyl (C=O) groups is 1. The van der Waals surface area contributed by atoms with E-state index < -0.39 is 0 Å². The molecule has 0 aliphatic carbocycles. The van der Waals surface area contributed by atoms with Gasteiger partial charge in [0.15, 0.2) is 0 Å². The molecule has 1 aliphatic heterocycles. The molecule has 1 atom stereocenters. The lowest BCUT2D eigenvalue weighted by atomic mass is 9.98. The molecular formula is C10H20N2O. The lowest BCUT2D eigenvalue weighted by Crippen LogP contribution is -2.36. The van der Waals surface area contributed by atoms with Crippen LogP contribution in [0.1, 0.15) is 32.6 Å². The van der Waals surface area contributed by atoms with E-state index in [0.717, 1.165) is 31.8 Å². The van der Waals surface area contributed by atoms with Gasteiger partial charge in [-0.1, -0.05) is 13.3 Å². The molecule has 0 aromatic heterocycles. The van der Waals surface area contributed by atoms with Crippen LogP contribution in [0.2, 0.25) is 0 Å². The third kappa shape index (κ3) is 2.99. The molecule has 3 nitrogen and oxygen atoms in total. The highest BCUT2D eigenvalue weighted by Crippen LogP contribution is 2.19. The van der Waals surface area contributed by atoms with Crippen molar-refractivity contribution in [1.29, 1.82) is 0 Å². The predicted molar refractivity (Wildman–Crippen MR) is 53.3 cm³/mol. The van der Waals surface area contributed by atoms with Crippen LogP contribution < -0.4 is 5.73 Å². The van der Waals surface area contributed by atoms with Crippen molar-refractivity contribution in [3.63, 3.8) is 0 Å². The van der Waals surface area contributed by atoms with Crippen LogP contribution in [0.3, 0.4) is 0 Å². The van der Waals surface area contributed by atoms with Crippen molar-refractivity contribution in [2.24, 2.45) is 11.7 Å². The first-order chi connectivity index (χ1) is 6.27. The summed E-state index contributed by atoms with van der Waals surface area (Å²) in [6, 6.07) is 0. The second kappa shape index (κ2) is 5.22. The van der Waals surface area contributed by atoms with E-state index in [4.69, 9.17) is 5.73 Å². The maximum Gasteiger partial charge on any atom is 0.236 e. The number of hydrogen-bond acceptors (Lipinski definition) is 2. The molecular weight excluding hydrogens is 164 g/mol. The molecule has 1 heterocycles. The van der Waals surface area contributed by atoms with Gasteiger partial charge in [-0.3, -0.25) is 4.79 Å². The van der Waals surface area contributed by atoms with E-state index >= 15 is 0 Å². The summed E-state index contributed by atoms with van der Waals surface area (Å²) < 4.78 is 0. The highest BCUT2D eigenvalue weighted by molar-refractivity contribution is 5.77. The molecule has 1 fully saturated rings. The van der Waals surface area contributed by atoms with Crippen LogP contribution in [0.4, 0.5) is 0 Å². The molecule has 1 saturated heterocycles. The average Bonchev–Trinajstić information content (AvgIpc) is 2.41. The van der Waals surface area contributed by atoms with E-state index in [1.165, 1.54) is 12.8 Å². The third-order valence-electron chi connectivity index (χ3n) is 2.95. The van der Waals surface area contributed by atoms with E-state index in [-0.39, 0.29) is 12.5 Å². The van der Waals surface area contributed by atoms with Crippen molar-refractivity contribution in [3.8, 4) is 0 Å². The zero-order valence-corrected chi connectivity index (χ0v) is 8.46. The number of likely N-dealkylation sites (tertiary alicyclic amines) is 1. The molecule has 1 aliphatic rings. The van der Waals surface area contributed by atoms with Crippen molar-refractivity contribution in [2.45, 2.75) is 32.6 Å². The summed E-state index contributed by atoms with van der Waals surface area (Å²) in [6.45, 7) is 4.21. The van der Waals surface area contributed by atoms with Gasteiger partial charge in [0.1, 0.15) is 0 Å². The van der Waals surface area contributed by atoms with Gasteiger partial charge in [0.05, 0.1) is 6.54 Å². The number of nitrogens with two attached hydrogens (primary N) is 1. The van der Waals surface area contributed by atoms with Crippen LogP contribution in [0.15, 0.2) is 0 Å². The Morgan fingerprint density at radius 3 is 2.85 bits per heavy atom. The van der Waals surface area contributed by atoms with Crippen LogP contribution in [-0.2, 0) is 4.79 Å². The molecule has 0 radical (unpaired) electrons. The second-order valence-electron chi connectivity index (χ2n) is 3.79. The first-order valence-electron chi connectivity index (χ1n) is 5.25. The second-order valence-corrected chi connectivity index (χ2v) is 3.79. The van der Waals surface area contributed by atoms with Crippen molar-refractivity contribution >= 4 is 5.91 Å². The Morgan fingerprint density at radius 2 is 2.23 bits per heavy atom.